The third-order valence-corrected chi connectivity index (χ3v) is 2.28. The fourth-order valence-corrected chi connectivity index (χ4v) is 1.48. The van der Waals surface area contributed by atoms with E-state index in [1.54, 1.807) is 0 Å². The molecule has 0 bridgehead atoms. The van der Waals surface area contributed by atoms with E-state index in [0.29, 0.717) is 6.07 Å². The smallest absolute Gasteiger partial charge is 0.294 e. The van der Waals surface area contributed by atoms with Crippen molar-refractivity contribution in [1.82, 2.24) is 0 Å². The van der Waals surface area contributed by atoms with Gasteiger partial charge in [-0.3, -0.25) is 14.9 Å². The van der Waals surface area contributed by atoms with E-state index in [0.717, 1.165) is 6.92 Å². The standard InChI is InChI=1S/C9H5ClF3NO3/c1-4(15)5-2-7(10)6(9(11,12)13)3-8(5)14(16)17/h2-3H,1H3. The van der Waals surface area contributed by atoms with Crippen molar-refractivity contribution in [2.75, 3.05) is 0 Å². The molecule has 1 aromatic carbocycles. The van der Waals surface area contributed by atoms with E-state index < -0.39 is 38.7 Å². The first-order valence-electron chi connectivity index (χ1n) is 4.20. The average molecular weight is 268 g/mol. The van der Waals surface area contributed by atoms with Crippen LogP contribution in [0, 0.1) is 10.1 Å². The van der Waals surface area contributed by atoms with Crippen molar-refractivity contribution in [2.45, 2.75) is 13.1 Å². The maximum atomic E-state index is 12.4. The molecule has 92 valence electrons. The number of alkyl halides is 3. The number of rotatable bonds is 2. The van der Waals surface area contributed by atoms with Gasteiger partial charge in [-0.15, -0.1) is 0 Å². The first kappa shape index (κ1) is 13.4. The second-order valence-corrected chi connectivity index (χ2v) is 3.57. The molecule has 17 heavy (non-hydrogen) atoms. The Hall–Kier alpha value is -1.63. The Labute approximate surface area is 98.1 Å². The Morgan fingerprint density at radius 1 is 1.41 bits per heavy atom. The Morgan fingerprint density at radius 2 is 1.94 bits per heavy atom. The molecule has 0 spiro atoms. The van der Waals surface area contributed by atoms with Crippen LogP contribution >= 0.6 is 11.6 Å². The summed E-state index contributed by atoms with van der Waals surface area (Å²) in [5.74, 6) is -0.729. The number of ketones is 1. The van der Waals surface area contributed by atoms with Crippen LogP contribution in [0.25, 0.3) is 0 Å². The number of Topliss-reactive ketones (excluding diaryl/α,β-unsaturated/α-hetero) is 1. The van der Waals surface area contributed by atoms with Crippen LogP contribution in [0.4, 0.5) is 18.9 Å². The first-order chi connectivity index (χ1) is 7.64. The quantitative estimate of drug-likeness (QED) is 0.468. The maximum Gasteiger partial charge on any atom is 0.418 e. The minimum atomic E-state index is -4.81. The molecule has 0 saturated carbocycles. The fourth-order valence-electron chi connectivity index (χ4n) is 1.21. The van der Waals surface area contributed by atoms with Crippen LogP contribution < -0.4 is 0 Å². The summed E-state index contributed by atoms with van der Waals surface area (Å²) in [6.07, 6.45) is -4.81. The third kappa shape index (κ3) is 2.73. The van der Waals surface area contributed by atoms with Gasteiger partial charge in [-0.05, 0) is 13.0 Å². The number of carbonyl (C=O) groups is 1. The van der Waals surface area contributed by atoms with Crippen LogP contribution in [0.1, 0.15) is 22.8 Å². The molecule has 0 aliphatic carbocycles. The zero-order valence-electron chi connectivity index (χ0n) is 8.34. The Balaban J connectivity index is 3.57. The molecule has 0 saturated heterocycles. The van der Waals surface area contributed by atoms with E-state index in [1.165, 1.54) is 0 Å². The van der Waals surface area contributed by atoms with Gasteiger partial charge in [0.1, 0.15) is 0 Å². The molecule has 0 unspecified atom stereocenters. The van der Waals surface area contributed by atoms with Gasteiger partial charge in [0.2, 0.25) is 0 Å². The van der Waals surface area contributed by atoms with Crippen molar-refractivity contribution < 1.29 is 22.9 Å². The van der Waals surface area contributed by atoms with Gasteiger partial charge in [-0.1, -0.05) is 11.6 Å². The monoisotopic (exact) mass is 267 g/mol. The third-order valence-electron chi connectivity index (χ3n) is 1.97. The van der Waals surface area contributed by atoms with Crippen LogP contribution in [0.5, 0.6) is 0 Å². The predicted octanol–water partition coefficient (Wildman–Crippen LogP) is 3.47. The molecule has 0 fully saturated rings. The number of nitro groups is 1. The van der Waals surface area contributed by atoms with E-state index in [4.69, 9.17) is 11.6 Å². The van der Waals surface area contributed by atoms with Gasteiger partial charge in [0.25, 0.3) is 5.69 Å². The number of hydrogen-bond donors (Lipinski definition) is 0. The summed E-state index contributed by atoms with van der Waals surface area (Å²) in [5, 5.41) is 9.82. The zero-order valence-corrected chi connectivity index (χ0v) is 9.09. The molecular weight excluding hydrogens is 263 g/mol. The van der Waals surface area contributed by atoms with Crippen molar-refractivity contribution >= 4 is 23.1 Å². The molecule has 0 amide bonds. The molecule has 0 aromatic heterocycles. The summed E-state index contributed by atoms with van der Waals surface area (Å²) in [7, 11) is 0. The lowest BCUT2D eigenvalue weighted by Crippen LogP contribution is -2.09. The Bertz CT molecular complexity index is 499. The van der Waals surface area contributed by atoms with Crippen LogP contribution in [0.3, 0.4) is 0 Å². The topological polar surface area (TPSA) is 60.2 Å². The van der Waals surface area contributed by atoms with E-state index in [-0.39, 0.29) is 6.07 Å². The van der Waals surface area contributed by atoms with Crippen LogP contribution in [-0.4, -0.2) is 10.7 Å². The van der Waals surface area contributed by atoms with Gasteiger partial charge >= 0.3 is 6.18 Å². The van der Waals surface area contributed by atoms with Crippen molar-refractivity contribution in [1.29, 1.82) is 0 Å². The lowest BCUT2D eigenvalue weighted by Gasteiger charge is -2.09. The van der Waals surface area contributed by atoms with Crippen LogP contribution in [0.15, 0.2) is 12.1 Å². The van der Waals surface area contributed by atoms with Crippen LogP contribution in [-0.2, 0) is 6.18 Å². The molecule has 4 nitrogen and oxygen atoms in total. The Morgan fingerprint density at radius 3 is 2.29 bits per heavy atom. The van der Waals surface area contributed by atoms with Crippen molar-refractivity contribution in [3.8, 4) is 0 Å². The number of nitro benzene ring substituents is 1. The summed E-state index contributed by atoms with van der Waals surface area (Å²) in [4.78, 5) is 20.5. The normalized spacial score (nSPS) is 11.4. The molecule has 0 aliphatic heterocycles. The van der Waals surface area contributed by atoms with Gasteiger partial charge < -0.3 is 0 Å². The lowest BCUT2D eigenvalue weighted by atomic mass is 10.1. The summed E-state index contributed by atoms with van der Waals surface area (Å²) < 4.78 is 37.3. The first-order valence-corrected chi connectivity index (χ1v) is 4.58. The van der Waals surface area contributed by atoms with Gasteiger partial charge in [-0.2, -0.15) is 13.2 Å². The highest BCUT2D eigenvalue weighted by atomic mass is 35.5. The number of carbonyl (C=O) groups excluding carboxylic acids is 1. The second-order valence-electron chi connectivity index (χ2n) is 3.16. The highest BCUT2D eigenvalue weighted by molar-refractivity contribution is 6.32. The summed E-state index contributed by atoms with van der Waals surface area (Å²) in [6.45, 7) is 1.01. The van der Waals surface area contributed by atoms with Gasteiger partial charge in [0.15, 0.2) is 5.78 Å². The van der Waals surface area contributed by atoms with E-state index in [2.05, 4.69) is 0 Å². The molecule has 0 aliphatic rings. The maximum absolute atomic E-state index is 12.4. The zero-order chi connectivity index (χ0) is 13.4. The Kier molecular flexibility index (Phi) is 3.42. The van der Waals surface area contributed by atoms with Crippen molar-refractivity contribution in [2.24, 2.45) is 0 Å². The molecule has 8 heteroatoms. The summed E-state index contributed by atoms with van der Waals surface area (Å²) in [5.41, 5.74) is -2.70. The lowest BCUT2D eigenvalue weighted by molar-refractivity contribution is -0.385. The van der Waals surface area contributed by atoms with Crippen molar-refractivity contribution in [3.05, 3.63) is 38.4 Å². The molecule has 1 rings (SSSR count). The SMILES string of the molecule is CC(=O)c1cc(Cl)c(C(F)(F)F)cc1[N+](=O)[O-]. The summed E-state index contributed by atoms with van der Waals surface area (Å²) in [6, 6.07) is 0.921. The van der Waals surface area contributed by atoms with E-state index >= 15 is 0 Å². The molecule has 0 N–H and O–H groups in total. The van der Waals surface area contributed by atoms with Gasteiger partial charge in [0.05, 0.1) is 21.1 Å². The van der Waals surface area contributed by atoms with Crippen molar-refractivity contribution in [3.63, 3.8) is 0 Å². The van der Waals surface area contributed by atoms with Gasteiger partial charge in [-0.25, -0.2) is 0 Å². The molecule has 0 atom stereocenters. The minimum Gasteiger partial charge on any atom is -0.294 e. The fraction of sp³-hybridized carbons (Fsp3) is 0.222. The number of benzene rings is 1. The van der Waals surface area contributed by atoms with E-state index in [1.807, 2.05) is 0 Å². The highest BCUT2D eigenvalue weighted by Crippen LogP contribution is 2.38. The number of halogens is 4. The molecular formula is C9H5ClF3NO3. The second kappa shape index (κ2) is 4.33. The van der Waals surface area contributed by atoms with Crippen LogP contribution in [0.2, 0.25) is 5.02 Å². The number of nitrogens with zero attached hydrogens (tertiary/aromatic N) is 1. The van der Waals surface area contributed by atoms with Gasteiger partial charge in [0, 0.05) is 6.07 Å². The minimum absolute atomic E-state index is 0.263. The number of hydrogen-bond acceptors (Lipinski definition) is 3. The highest BCUT2D eigenvalue weighted by Gasteiger charge is 2.36. The molecule has 0 radical (unpaired) electrons. The predicted molar refractivity (Wildman–Crippen MR) is 53.1 cm³/mol. The largest absolute Gasteiger partial charge is 0.418 e. The average Bonchev–Trinajstić information content (AvgIpc) is 2.14. The molecule has 1 aromatic rings. The van der Waals surface area contributed by atoms with E-state index in [9.17, 15) is 28.1 Å². The molecule has 0 heterocycles. The summed E-state index contributed by atoms with van der Waals surface area (Å²) >= 11 is 5.34.